The summed E-state index contributed by atoms with van der Waals surface area (Å²) in [5, 5.41) is 8.88. The molecule has 0 aromatic rings. The summed E-state index contributed by atoms with van der Waals surface area (Å²) in [6.45, 7) is 0.176. The minimum atomic E-state index is -0.186. The average Bonchev–Trinajstić information content (AvgIpc) is 2.38. The predicted octanol–water partition coefficient (Wildman–Crippen LogP) is 1.70. The fraction of sp³-hybridized carbons (Fsp3) is 0.857. The summed E-state index contributed by atoms with van der Waals surface area (Å²) >= 11 is 0. The summed E-state index contributed by atoms with van der Waals surface area (Å²) in [4.78, 5) is 23.9. The van der Waals surface area contributed by atoms with Crippen molar-refractivity contribution in [3.05, 3.63) is 0 Å². The van der Waals surface area contributed by atoms with Gasteiger partial charge in [0.25, 0.3) is 0 Å². The number of carbonyl (C=O) groups is 2. The molecule has 4 heteroatoms. The van der Waals surface area contributed by atoms with Crippen LogP contribution in [0.25, 0.3) is 0 Å². The van der Waals surface area contributed by atoms with Crippen LogP contribution in [0, 0.1) is 17.3 Å². The van der Waals surface area contributed by atoms with E-state index >= 15 is 0 Å². The van der Waals surface area contributed by atoms with Crippen LogP contribution in [0.5, 0.6) is 0 Å². The van der Waals surface area contributed by atoms with E-state index in [0.29, 0.717) is 18.6 Å². The van der Waals surface area contributed by atoms with Gasteiger partial charge in [-0.25, -0.2) is 0 Å². The molecule has 1 N–H and O–H groups in total. The predicted molar refractivity (Wildman–Crippen MR) is 65.8 cm³/mol. The van der Waals surface area contributed by atoms with E-state index in [4.69, 9.17) is 9.84 Å². The van der Waals surface area contributed by atoms with E-state index in [0.717, 1.165) is 32.1 Å². The maximum Gasteiger partial charge on any atom is 0.309 e. The van der Waals surface area contributed by atoms with Crippen LogP contribution in [0.15, 0.2) is 0 Å². The Morgan fingerprint density at radius 1 is 1.50 bits per heavy atom. The normalized spacial score (nSPS) is 34.7. The van der Waals surface area contributed by atoms with Crippen molar-refractivity contribution in [2.75, 3.05) is 13.7 Å². The summed E-state index contributed by atoms with van der Waals surface area (Å²) in [6, 6.07) is 0. The summed E-state index contributed by atoms with van der Waals surface area (Å²) in [5.74, 6) is 0.132. The Morgan fingerprint density at radius 2 is 2.28 bits per heavy atom. The molecule has 0 aromatic heterocycles. The van der Waals surface area contributed by atoms with Crippen molar-refractivity contribution < 1.29 is 19.4 Å². The van der Waals surface area contributed by atoms with Gasteiger partial charge >= 0.3 is 5.97 Å². The number of hydrogen-bond donors (Lipinski definition) is 1. The molecule has 3 aliphatic carbocycles. The van der Waals surface area contributed by atoms with Gasteiger partial charge in [0.1, 0.15) is 5.78 Å². The lowest BCUT2D eigenvalue weighted by molar-refractivity contribution is -0.162. The second-order valence-corrected chi connectivity index (χ2v) is 5.73. The van der Waals surface area contributed by atoms with Crippen molar-refractivity contribution in [3.8, 4) is 0 Å². The van der Waals surface area contributed by atoms with Crippen molar-refractivity contribution in [1.29, 1.82) is 0 Å². The zero-order chi connectivity index (χ0) is 13.2. The van der Waals surface area contributed by atoms with Crippen molar-refractivity contribution in [2.24, 2.45) is 17.3 Å². The van der Waals surface area contributed by atoms with Crippen molar-refractivity contribution in [3.63, 3.8) is 0 Å². The van der Waals surface area contributed by atoms with Crippen LogP contribution in [-0.2, 0) is 14.3 Å². The number of rotatable bonds is 5. The van der Waals surface area contributed by atoms with Crippen LogP contribution >= 0.6 is 0 Å². The lowest BCUT2D eigenvalue weighted by Gasteiger charge is -2.50. The molecule has 3 fully saturated rings. The third-order valence-corrected chi connectivity index (χ3v) is 4.80. The van der Waals surface area contributed by atoms with Gasteiger partial charge in [-0.1, -0.05) is 6.42 Å². The number of unbranched alkanes of at least 4 members (excludes halogenated alkanes) is 1. The molecule has 3 rings (SSSR count). The van der Waals surface area contributed by atoms with Gasteiger partial charge in [0, 0.05) is 18.9 Å². The highest BCUT2D eigenvalue weighted by molar-refractivity contribution is 5.87. The third kappa shape index (κ3) is 2.30. The summed E-state index contributed by atoms with van der Waals surface area (Å²) in [5.41, 5.74) is -0.186. The number of methoxy groups -OCH3 is 1. The van der Waals surface area contributed by atoms with Crippen molar-refractivity contribution in [2.45, 2.75) is 44.9 Å². The molecular weight excluding hydrogens is 232 g/mol. The first-order valence-corrected chi connectivity index (χ1v) is 6.84. The number of aliphatic hydroxyl groups excluding tert-OH is 1. The quantitative estimate of drug-likeness (QED) is 0.599. The van der Waals surface area contributed by atoms with Gasteiger partial charge in [-0.3, -0.25) is 9.59 Å². The topological polar surface area (TPSA) is 63.6 Å². The fourth-order valence-electron chi connectivity index (χ4n) is 3.75. The van der Waals surface area contributed by atoms with E-state index in [2.05, 4.69) is 0 Å². The maximum absolute atomic E-state index is 11.9. The smallest absolute Gasteiger partial charge is 0.309 e. The SMILES string of the molecule is COC(=O)C1CC2CCC1(CCCCO)CC2=O. The molecule has 0 saturated heterocycles. The van der Waals surface area contributed by atoms with Gasteiger partial charge in [-0.05, 0) is 37.5 Å². The molecule has 102 valence electrons. The number of hydrogen-bond acceptors (Lipinski definition) is 4. The lowest BCUT2D eigenvalue weighted by atomic mass is 9.53. The van der Waals surface area contributed by atoms with Crippen LogP contribution in [0.4, 0.5) is 0 Å². The molecule has 3 saturated carbocycles. The zero-order valence-electron chi connectivity index (χ0n) is 11.0. The number of aliphatic hydroxyl groups is 1. The number of carbonyl (C=O) groups excluding carboxylic acids is 2. The van der Waals surface area contributed by atoms with Crippen LogP contribution in [0.1, 0.15) is 44.9 Å². The van der Waals surface area contributed by atoms with Crippen molar-refractivity contribution >= 4 is 11.8 Å². The Morgan fingerprint density at radius 3 is 2.89 bits per heavy atom. The zero-order valence-corrected chi connectivity index (χ0v) is 11.0. The molecule has 0 radical (unpaired) electrons. The second kappa shape index (κ2) is 5.39. The van der Waals surface area contributed by atoms with Crippen molar-refractivity contribution in [1.82, 2.24) is 0 Å². The summed E-state index contributed by atoms with van der Waals surface area (Å²) in [7, 11) is 1.42. The van der Waals surface area contributed by atoms with E-state index < -0.39 is 0 Å². The first kappa shape index (κ1) is 13.5. The Hall–Kier alpha value is -0.900. The maximum atomic E-state index is 11.9. The molecular formula is C14H22O4. The van der Waals surface area contributed by atoms with Gasteiger partial charge in [0.05, 0.1) is 13.0 Å². The molecule has 3 unspecified atom stereocenters. The Balaban J connectivity index is 2.13. The highest BCUT2D eigenvalue weighted by Gasteiger charge is 2.54. The highest BCUT2D eigenvalue weighted by atomic mass is 16.5. The molecule has 4 nitrogen and oxygen atoms in total. The molecule has 0 aliphatic heterocycles. The Bertz CT molecular complexity index is 339. The highest BCUT2D eigenvalue weighted by Crippen LogP contribution is 2.55. The molecule has 0 spiro atoms. The lowest BCUT2D eigenvalue weighted by Crippen LogP contribution is -2.50. The van der Waals surface area contributed by atoms with E-state index in [1.165, 1.54) is 7.11 Å². The van der Waals surface area contributed by atoms with Gasteiger partial charge < -0.3 is 9.84 Å². The van der Waals surface area contributed by atoms with E-state index in [-0.39, 0.29) is 29.8 Å². The first-order valence-electron chi connectivity index (χ1n) is 6.84. The van der Waals surface area contributed by atoms with Crippen LogP contribution in [0.2, 0.25) is 0 Å². The largest absolute Gasteiger partial charge is 0.469 e. The minimum Gasteiger partial charge on any atom is -0.469 e. The minimum absolute atomic E-state index is 0.0776. The van der Waals surface area contributed by atoms with Gasteiger partial charge in [0.15, 0.2) is 0 Å². The molecule has 3 atom stereocenters. The average molecular weight is 254 g/mol. The fourth-order valence-corrected chi connectivity index (χ4v) is 3.75. The Kier molecular flexibility index (Phi) is 4.05. The van der Waals surface area contributed by atoms with Gasteiger partial charge in [-0.2, -0.15) is 0 Å². The Labute approximate surface area is 108 Å². The number of esters is 1. The third-order valence-electron chi connectivity index (χ3n) is 4.80. The van der Waals surface area contributed by atoms with Crippen LogP contribution < -0.4 is 0 Å². The van der Waals surface area contributed by atoms with Gasteiger partial charge in [-0.15, -0.1) is 0 Å². The second-order valence-electron chi connectivity index (χ2n) is 5.73. The number of ether oxygens (including phenoxy) is 1. The van der Waals surface area contributed by atoms with Gasteiger partial charge in [0.2, 0.25) is 0 Å². The molecule has 0 aromatic carbocycles. The van der Waals surface area contributed by atoms with E-state index in [9.17, 15) is 9.59 Å². The monoisotopic (exact) mass is 254 g/mol. The summed E-state index contributed by atoms with van der Waals surface area (Å²) < 4.78 is 4.91. The molecule has 3 aliphatic rings. The van der Waals surface area contributed by atoms with Crippen LogP contribution in [0.3, 0.4) is 0 Å². The molecule has 2 bridgehead atoms. The van der Waals surface area contributed by atoms with E-state index in [1.807, 2.05) is 0 Å². The number of ketones is 1. The van der Waals surface area contributed by atoms with Crippen LogP contribution in [-0.4, -0.2) is 30.6 Å². The molecule has 18 heavy (non-hydrogen) atoms. The standard InChI is InChI=1S/C14H22O4/c1-18-13(17)11-8-10-4-6-14(11,9-12(10)16)5-2-3-7-15/h10-11,15H,2-9H2,1H3. The first-order chi connectivity index (χ1) is 8.63. The number of Topliss-reactive ketones (excluding diaryl/α,β-unsaturated/α-hetero) is 1. The molecule has 0 heterocycles. The van der Waals surface area contributed by atoms with E-state index in [1.54, 1.807) is 0 Å². The molecule has 0 amide bonds. The number of fused-ring (bicyclic) bond motifs is 3. The summed E-state index contributed by atoms with van der Waals surface area (Å²) in [6.07, 6.45) is 5.55.